The van der Waals surface area contributed by atoms with E-state index in [0.29, 0.717) is 31.3 Å². The normalized spacial score (nSPS) is 22.4. The lowest BCUT2D eigenvalue weighted by atomic mass is 9.71. The molecule has 0 N–H and O–H groups in total. The van der Waals surface area contributed by atoms with E-state index < -0.39 is 0 Å². The van der Waals surface area contributed by atoms with Gasteiger partial charge in [0.2, 0.25) is 5.91 Å². The van der Waals surface area contributed by atoms with E-state index in [-0.39, 0.29) is 17.2 Å². The van der Waals surface area contributed by atoms with Crippen LogP contribution < -0.4 is 0 Å². The summed E-state index contributed by atoms with van der Waals surface area (Å²) in [4.78, 5) is 32.6. The van der Waals surface area contributed by atoms with Gasteiger partial charge in [-0.2, -0.15) is 0 Å². The van der Waals surface area contributed by atoms with Crippen molar-refractivity contribution in [3.05, 3.63) is 29.6 Å². The third-order valence-electron chi connectivity index (χ3n) is 5.81. The minimum Gasteiger partial charge on any atom is -0.384 e. The highest BCUT2D eigenvalue weighted by molar-refractivity contribution is 5.92. The number of rotatable bonds is 3. The minimum absolute atomic E-state index is 0.00302. The smallest absolute Gasteiger partial charge is 0.272 e. The molecule has 3 heterocycles. The Bertz CT molecular complexity index is 653. The first-order valence-corrected chi connectivity index (χ1v) is 8.91. The molecule has 1 aromatic rings. The lowest BCUT2D eigenvalue weighted by molar-refractivity contribution is -0.128. The van der Waals surface area contributed by atoms with E-state index in [1.807, 2.05) is 28.9 Å². The number of hydrogen-bond donors (Lipinski definition) is 0. The summed E-state index contributed by atoms with van der Waals surface area (Å²) in [6.45, 7) is 7.22. The summed E-state index contributed by atoms with van der Waals surface area (Å²) in [5.41, 5.74) is 1.62. The summed E-state index contributed by atoms with van der Waals surface area (Å²) in [5, 5.41) is 0. The largest absolute Gasteiger partial charge is 0.384 e. The number of carbonyl (C=O) groups excluding carboxylic acids is 2. The van der Waals surface area contributed by atoms with Gasteiger partial charge in [0.15, 0.2) is 0 Å². The van der Waals surface area contributed by atoms with Gasteiger partial charge in [0.05, 0.1) is 6.61 Å². The molecule has 2 fully saturated rings. The van der Waals surface area contributed by atoms with Crippen LogP contribution in [0.5, 0.6) is 0 Å². The van der Waals surface area contributed by atoms with E-state index in [4.69, 9.17) is 4.74 Å². The molecule has 0 saturated carbocycles. The second kappa shape index (κ2) is 7.12. The Morgan fingerprint density at radius 1 is 1.32 bits per heavy atom. The van der Waals surface area contributed by atoms with Gasteiger partial charge in [0, 0.05) is 52.3 Å². The van der Waals surface area contributed by atoms with Crippen LogP contribution in [0.2, 0.25) is 0 Å². The predicted octanol–water partition coefficient (Wildman–Crippen LogP) is 1.74. The fourth-order valence-corrected chi connectivity index (χ4v) is 4.24. The topological polar surface area (TPSA) is 62.7 Å². The van der Waals surface area contributed by atoms with Crippen molar-refractivity contribution in [2.24, 2.45) is 11.3 Å². The number of likely N-dealkylation sites (tertiary alicyclic amines) is 2. The maximum absolute atomic E-state index is 12.7. The van der Waals surface area contributed by atoms with Crippen molar-refractivity contribution in [1.29, 1.82) is 0 Å². The molecule has 6 nitrogen and oxygen atoms in total. The van der Waals surface area contributed by atoms with Gasteiger partial charge < -0.3 is 14.5 Å². The van der Waals surface area contributed by atoms with E-state index in [9.17, 15) is 9.59 Å². The number of amides is 2. The molecule has 2 aliphatic heterocycles. The van der Waals surface area contributed by atoms with Gasteiger partial charge in [-0.15, -0.1) is 0 Å². The molecule has 0 bridgehead atoms. The number of pyridine rings is 1. The molecule has 1 unspecified atom stereocenters. The molecule has 1 atom stereocenters. The van der Waals surface area contributed by atoms with E-state index in [2.05, 4.69) is 4.98 Å². The van der Waals surface area contributed by atoms with Crippen LogP contribution in [0.15, 0.2) is 18.3 Å². The third kappa shape index (κ3) is 3.54. The molecule has 1 aromatic heterocycles. The number of carbonyl (C=O) groups is 2. The van der Waals surface area contributed by atoms with E-state index in [1.165, 1.54) is 0 Å². The zero-order valence-electron chi connectivity index (χ0n) is 15.3. The summed E-state index contributed by atoms with van der Waals surface area (Å²) < 4.78 is 5.41. The highest BCUT2D eigenvalue weighted by atomic mass is 16.5. The van der Waals surface area contributed by atoms with Crippen molar-refractivity contribution in [3.8, 4) is 0 Å². The first kappa shape index (κ1) is 17.9. The third-order valence-corrected chi connectivity index (χ3v) is 5.81. The zero-order chi connectivity index (χ0) is 18.0. The molecular formula is C19H27N3O3. The van der Waals surface area contributed by atoms with Gasteiger partial charge in [-0.1, -0.05) is 0 Å². The van der Waals surface area contributed by atoms with Gasteiger partial charge in [-0.05, 0) is 42.9 Å². The highest BCUT2D eigenvalue weighted by Gasteiger charge is 2.49. The van der Waals surface area contributed by atoms with Gasteiger partial charge in [0.1, 0.15) is 5.69 Å². The predicted molar refractivity (Wildman–Crippen MR) is 94.2 cm³/mol. The lowest BCUT2D eigenvalue weighted by Gasteiger charge is -2.42. The summed E-state index contributed by atoms with van der Waals surface area (Å²) in [6, 6.07) is 3.74. The molecule has 25 heavy (non-hydrogen) atoms. The summed E-state index contributed by atoms with van der Waals surface area (Å²) in [6.07, 6.45) is 3.50. The molecule has 2 amide bonds. The fraction of sp³-hybridized carbons (Fsp3) is 0.632. The Morgan fingerprint density at radius 2 is 2.04 bits per heavy atom. The Kier molecular flexibility index (Phi) is 5.08. The van der Waals surface area contributed by atoms with Crippen LogP contribution in [0.3, 0.4) is 0 Å². The zero-order valence-corrected chi connectivity index (χ0v) is 15.3. The Hall–Kier alpha value is -1.95. The van der Waals surface area contributed by atoms with Crippen LogP contribution in [-0.2, 0) is 9.53 Å². The standard InChI is InChI=1S/C19H27N3O3/c1-14-4-7-20-17(10-14)18(24)21-8-5-19(6-9-21)13-22(15(2)23)11-16(19)12-25-3/h4,7,10,16H,5-6,8-9,11-13H2,1-3H3. The minimum atomic E-state index is 0.00302. The number of methoxy groups -OCH3 is 1. The van der Waals surface area contributed by atoms with Crippen LogP contribution in [0.4, 0.5) is 0 Å². The summed E-state index contributed by atoms with van der Waals surface area (Å²) >= 11 is 0. The average molecular weight is 345 g/mol. The van der Waals surface area contributed by atoms with Crippen LogP contribution >= 0.6 is 0 Å². The number of nitrogens with zero attached hydrogens (tertiary/aromatic N) is 3. The van der Waals surface area contributed by atoms with Crippen molar-refractivity contribution in [1.82, 2.24) is 14.8 Å². The quantitative estimate of drug-likeness (QED) is 0.837. The van der Waals surface area contributed by atoms with E-state index in [0.717, 1.165) is 31.5 Å². The monoisotopic (exact) mass is 345 g/mol. The van der Waals surface area contributed by atoms with Gasteiger partial charge in [-0.25, -0.2) is 0 Å². The van der Waals surface area contributed by atoms with Crippen molar-refractivity contribution in [3.63, 3.8) is 0 Å². The number of piperidine rings is 1. The maximum Gasteiger partial charge on any atom is 0.272 e. The first-order valence-electron chi connectivity index (χ1n) is 8.91. The first-order chi connectivity index (χ1) is 11.9. The van der Waals surface area contributed by atoms with Crippen LogP contribution in [-0.4, -0.2) is 66.5 Å². The molecule has 3 rings (SSSR count). The molecule has 6 heteroatoms. The number of hydrogen-bond acceptors (Lipinski definition) is 4. The van der Waals surface area contributed by atoms with Crippen LogP contribution in [0.25, 0.3) is 0 Å². The lowest BCUT2D eigenvalue weighted by Crippen LogP contribution is -2.47. The van der Waals surface area contributed by atoms with E-state index >= 15 is 0 Å². The van der Waals surface area contributed by atoms with Crippen molar-refractivity contribution in [2.75, 3.05) is 39.9 Å². The molecule has 0 radical (unpaired) electrons. The molecule has 0 aromatic carbocycles. The Balaban J connectivity index is 1.69. The fourth-order valence-electron chi connectivity index (χ4n) is 4.24. The van der Waals surface area contributed by atoms with E-state index in [1.54, 1.807) is 20.2 Å². The number of ether oxygens (including phenoxy) is 1. The second-order valence-corrected chi connectivity index (χ2v) is 7.42. The molecular weight excluding hydrogens is 318 g/mol. The van der Waals surface area contributed by atoms with Crippen molar-refractivity contribution >= 4 is 11.8 Å². The van der Waals surface area contributed by atoms with Gasteiger partial charge in [0.25, 0.3) is 5.91 Å². The molecule has 0 aliphatic carbocycles. The Morgan fingerprint density at radius 3 is 2.64 bits per heavy atom. The SMILES string of the molecule is COCC1CN(C(C)=O)CC12CCN(C(=O)c1cc(C)ccn1)CC2. The van der Waals surface area contributed by atoms with Crippen LogP contribution in [0, 0.1) is 18.3 Å². The summed E-state index contributed by atoms with van der Waals surface area (Å²) in [7, 11) is 1.71. The molecule has 1 spiro atoms. The van der Waals surface area contributed by atoms with Crippen LogP contribution in [0.1, 0.15) is 35.8 Å². The molecule has 2 aliphatic rings. The highest BCUT2D eigenvalue weighted by Crippen LogP contribution is 2.45. The number of aryl methyl sites for hydroxylation is 1. The molecule has 136 valence electrons. The van der Waals surface area contributed by atoms with Crippen molar-refractivity contribution in [2.45, 2.75) is 26.7 Å². The average Bonchev–Trinajstić information content (AvgIpc) is 2.94. The number of aromatic nitrogens is 1. The van der Waals surface area contributed by atoms with Crippen molar-refractivity contribution < 1.29 is 14.3 Å². The molecule has 2 saturated heterocycles. The van der Waals surface area contributed by atoms with Gasteiger partial charge in [-0.3, -0.25) is 14.6 Å². The second-order valence-electron chi connectivity index (χ2n) is 7.42. The van der Waals surface area contributed by atoms with Gasteiger partial charge >= 0.3 is 0 Å². The summed E-state index contributed by atoms with van der Waals surface area (Å²) in [5.74, 6) is 0.472. The Labute approximate surface area is 149 Å². The maximum atomic E-state index is 12.7.